The maximum atomic E-state index is 15.1. The lowest BCUT2D eigenvalue weighted by Crippen LogP contribution is -2.54. The van der Waals surface area contributed by atoms with Crippen molar-refractivity contribution in [2.45, 2.75) is 96.3 Å². The molecule has 4 atom stereocenters. The molecule has 440 valence electrons. The van der Waals surface area contributed by atoms with Crippen LogP contribution in [0, 0.1) is 29.1 Å². The van der Waals surface area contributed by atoms with Crippen LogP contribution in [-0.2, 0) is 67.9 Å². The minimum Gasteiger partial charge on any atom is -0.489 e. The van der Waals surface area contributed by atoms with E-state index in [4.69, 9.17) is 34.2 Å². The second-order valence-corrected chi connectivity index (χ2v) is 20.2. The van der Waals surface area contributed by atoms with Crippen LogP contribution in [0.1, 0.15) is 60.6 Å². The van der Waals surface area contributed by atoms with Gasteiger partial charge in [0.25, 0.3) is 0 Å². The second-order valence-electron chi connectivity index (χ2n) is 20.2. The Hall–Kier alpha value is -9.34. The quantitative estimate of drug-likeness (QED) is 0.00899. The van der Waals surface area contributed by atoms with Crippen LogP contribution < -0.4 is 35.9 Å². The van der Waals surface area contributed by atoms with Crippen LogP contribution in [0.15, 0.2) is 158 Å². The number of hydrogen-bond donors (Lipinski definition) is 5. The molecular weight excluding hydrogens is 1100 g/mol. The number of carbonyl (C=O) groups excluding carboxylic acids is 5. The summed E-state index contributed by atoms with van der Waals surface area (Å²) in [4.78, 5) is 69.3. The third-order valence-electron chi connectivity index (χ3n) is 12.6. The van der Waals surface area contributed by atoms with Crippen molar-refractivity contribution in [1.29, 1.82) is 0 Å². The number of alkyl carbamates (subject to hydrolysis) is 2. The number of amides is 3. The van der Waals surface area contributed by atoms with Gasteiger partial charge in [0.1, 0.15) is 61.7 Å². The zero-order valence-electron chi connectivity index (χ0n) is 45.9. The second kappa shape index (κ2) is 29.6. The van der Waals surface area contributed by atoms with Crippen molar-refractivity contribution in [1.82, 2.24) is 16.0 Å². The molecule has 0 heterocycles. The number of nitrogens with one attached hydrogen (secondary N) is 3. The molecule has 0 fully saturated rings. The summed E-state index contributed by atoms with van der Waals surface area (Å²) in [6.45, 7) is 4.07. The molecule has 0 aliphatic carbocycles. The molecule has 3 amide bonds. The SMILES string of the molecule is CC(C)(C)OC(=O)N[C@@H](C[C@@H](O)CN)C(=O)N[C@@H](Cc1cc(-c2ccc(OCc3ccccc3)c(C[C@H](NC(=O)OCc3ccccc3)C(=O)Oc3c(F)c(F)c(F)c(F)c3F)c2)ccc1OCc1ccccc1)C(=O)OCc1ccccc1. The summed E-state index contributed by atoms with van der Waals surface area (Å²) < 4.78 is 107. The zero-order chi connectivity index (χ0) is 60.3. The molecule has 7 rings (SSSR count). The average Bonchev–Trinajstić information content (AvgIpc) is 2.80. The van der Waals surface area contributed by atoms with Crippen molar-refractivity contribution in [3.05, 3.63) is 220 Å². The zero-order valence-corrected chi connectivity index (χ0v) is 45.9. The van der Waals surface area contributed by atoms with Crippen molar-refractivity contribution < 1.29 is 79.5 Å². The molecular formula is C63H61F5N4O12. The van der Waals surface area contributed by atoms with Gasteiger partial charge in [-0.1, -0.05) is 133 Å². The fourth-order valence-corrected chi connectivity index (χ4v) is 8.32. The lowest BCUT2D eigenvalue weighted by Gasteiger charge is -2.26. The van der Waals surface area contributed by atoms with Gasteiger partial charge < -0.3 is 55.2 Å². The molecule has 0 saturated carbocycles. The standard InChI is InChI=1S/C63H61F5N4O12/c1-63(2,3)84-62(78)71-47(32-46(73)33-69)58(74)70-48(59(75)81-36-40-20-12-6-13-21-40)30-44-28-42(24-26-50(44)79-34-38-16-8-4-9-17-38)43-25-27-51(80-35-39-18-10-5-11-19-39)45(29-43)31-49(72-61(77)82-37-41-22-14-7-15-23-41)60(76)83-57-55(67)53(65)52(64)54(66)56(57)68/h4-29,46-49,73H,30-37,69H2,1-3H3,(H,70,74)(H,71,78)(H,72,77)/t46-,47+,48+,49+/m1/s1. The topological polar surface area (TPSA) is 223 Å². The van der Waals surface area contributed by atoms with Crippen molar-refractivity contribution in [3.63, 3.8) is 0 Å². The maximum absolute atomic E-state index is 15.1. The third kappa shape index (κ3) is 18.1. The van der Waals surface area contributed by atoms with Crippen LogP contribution in [0.25, 0.3) is 11.1 Å². The van der Waals surface area contributed by atoms with Gasteiger partial charge in [0, 0.05) is 25.8 Å². The Morgan fingerprint density at radius 2 is 0.905 bits per heavy atom. The Labute approximate surface area is 481 Å². The third-order valence-corrected chi connectivity index (χ3v) is 12.6. The first-order valence-corrected chi connectivity index (χ1v) is 26.4. The van der Waals surface area contributed by atoms with Gasteiger partial charge in [0.2, 0.25) is 40.7 Å². The normalized spacial score (nSPS) is 12.6. The number of carbonyl (C=O) groups is 5. The van der Waals surface area contributed by atoms with Gasteiger partial charge in [-0.15, -0.1) is 0 Å². The summed E-state index contributed by atoms with van der Waals surface area (Å²) in [5.41, 5.74) is 8.65. The molecule has 84 heavy (non-hydrogen) atoms. The summed E-state index contributed by atoms with van der Waals surface area (Å²) in [7, 11) is 0. The van der Waals surface area contributed by atoms with Crippen LogP contribution in [0.4, 0.5) is 31.5 Å². The van der Waals surface area contributed by atoms with Gasteiger partial charge in [-0.05, 0) is 89.5 Å². The van der Waals surface area contributed by atoms with E-state index < -0.39 is 101 Å². The van der Waals surface area contributed by atoms with Crippen LogP contribution in [-0.4, -0.2) is 71.5 Å². The lowest BCUT2D eigenvalue weighted by molar-refractivity contribution is -0.149. The summed E-state index contributed by atoms with van der Waals surface area (Å²) in [5, 5.41) is 18.1. The number of ether oxygens (including phenoxy) is 6. The van der Waals surface area contributed by atoms with E-state index in [0.717, 1.165) is 5.56 Å². The molecule has 21 heteroatoms. The largest absolute Gasteiger partial charge is 0.489 e. The molecule has 0 bridgehead atoms. The van der Waals surface area contributed by atoms with Gasteiger partial charge in [0.15, 0.2) is 0 Å². The van der Waals surface area contributed by atoms with E-state index in [1.165, 1.54) is 6.07 Å². The Morgan fingerprint density at radius 3 is 1.35 bits per heavy atom. The molecule has 7 aromatic rings. The number of hydrogen-bond acceptors (Lipinski definition) is 13. The molecule has 0 saturated heterocycles. The maximum Gasteiger partial charge on any atom is 0.408 e. The first-order valence-electron chi connectivity index (χ1n) is 26.4. The Kier molecular flexibility index (Phi) is 21.9. The van der Waals surface area contributed by atoms with E-state index in [-0.39, 0.29) is 62.9 Å². The fourth-order valence-electron chi connectivity index (χ4n) is 8.32. The summed E-state index contributed by atoms with van der Waals surface area (Å²) in [5.74, 6) is -17.2. The predicted molar refractivity (Wildman–Crippen MR) is 297 cm³/mol. The number of esters is 2. The first-order chi connectivity index (χ1) is 40.2. The van der Waals surface area contributed by atoms with E-state index in [9.17, 15) is 42.3 Å². The van der Waals surface area contributed by atoms with Crippen LogP contribution in [0.5, 0.6) is 17.2 Å². The minimum atomic E-state index is -2.50. The Morgan fingerprint density at radius 1 is 0.500 bits per heavy atom. The molecule has 0 aliphatic heterocycles. The smallest absolute Gasteiger partial charge is 0.408 e. The molecule has 0 aliphatic rings. The fraction of sp³-hybridized carbons (Fsp3) is 0.254. The van der Waals surface area contributed by atoms with Crippen molar-refractivity contribution in [2.24, 2.45) is 5.73 Å². The van der Waals surface area contributed by atoms with E-state index >= 15 is 8.78 Å². The van der Waals surface area contributed by atoms with E-state index in [0.29, 0.717) is 33.4 Å². The monoisotopic (exact) mass is 1160 g/mol. The highest BCUT2D eigenvalue weighted by atomic mass is 19.2. The molecule has 0 radical (unpaired) electrons. The van der Waals surface area contributed by atoms with E-state index in [1.54, 1.807) is 142 Å². The molecule has 0 spiro atoms. The number of benzene rings is 7. The average molecular weight is 1160 g/mol. The van der Waals surface area contributed by atoms with Crippen molar-refractivity contribution >= 4 is 30.0 Å². The number of aliphatic hydroxyl groups is 1. The molecule has 16 nitrogen and oxygen atoms in total. The molecule has 0 aromatic heterocycles. The number of aliphatic hydroxyl groups excluding tert-OH is 1. The van der Waals surface area contributed by atoms with Gasteiger partial charge in [0.05, 0.1) is 6.10 Å². The van der Waals surface area contributed by atoms with Crippen LogP contribution in [0.2, 0.25) is 0 Å². The van der Waals surface area contributed by atoms with Gasteiger partial charge in [-0.2, -0.15) is 8.78 Å². The Balaban J connectivity index is 1.30. The number of rotatable bonds is 25. The van der Waals surface area contributed by atoms with Crippen molar-refractivity contribution in [3.8, 4) is 28.4 Å². The van der Waals surface area contributed by atoms with Crippen LogP contribution >= 0.6 is 0 Å². The molecule has 0 unspecified atom stereocenters. The minimum absolute atomic E-state index is 0.0379. The number of nitrogens with two attached hydrogens (primary N) is 1. The number of halogens is 5. The highest BCUT2D eigenvalue weighted by Crippen LogP contribution is 2.34. The summed E-state index contributed by atoms with van der Waals surface area (Å²) >= 11 is 0. The van der Waals surface area contributed by atoms with E-state index in [2.05, 4.69) is 16.0 Å². The first kappa shape index (κ1) is 62.3. The predicted octanol–water partition coefficient (Wildman–Crippen LogP) is 10.0. The highest BCUT2D eigenvalue weighted by Gasteiger charge is 2.34. The summed E-state index contributed by atoms with van der Waals surface area (Å²) in [6.07, 6.45) is -4.80. The van der Waals surface area contributed by atoms with Gasteiger partial charge in [-0.3, -0.25) is 4.79 Å². The van der Waals surface area contributed by atoms with Crippen LogP contribution in [0.3, 0.4) is 0 Å². The van der Waals surface area contributed by atoms with Gasteiger partial charge >= 0.3 is 24.1 Å². The Bertz CT molecular complexity index is 3350. The molecule has 7 aromatic carbocycles. The highest BCUT2D eigenvalue weighted by molar-refractivity contribution is 5.90. The summed E-state index contributed by atoms with van der Waals surface area (Å²) in [6, 6.07) is 39.8. The molecule has 6 N–H and O–H groups in total. The van der Waals surface area contributed by atoms with E-state index in [1.807, 2.05) is 30.3 Å². The van der Waals surface area contributed by atoms with Gasteiger partial charge in [-0.25, -0.2) is 32.3 Å². The van der Waals surface area contributed by atoms with Crippen molar-refractivity contribution in [2.75, 3.05) is 6.54 Å². The lowest BCUT2D eigenvalue weighted by atomic mass is 9.95.